The third kappa shape index (κ3) is 3.45. The monoisotopic (exact) mass is 274 g/mol. The predicted octanol–water partition coefficient (Wildman–Crippen LogP) is 1.72. The first-order chi connectivity index (χ1) is 8.51. The second kappa shape index (κ2) is 5.88. The summed E-state index contributed by atoms with van der Waals surface area (Å²) in [6.07, 6.45) is 6.72. The summed E-state index contributed by atoms with van der Waals surface area (Å²) in [5, 5.41) is 3.02. The smallest absolute Gasteiger partial charge is 0.218 e. The lowest BCUT2D eigenvalue weighted by molar-refractivity contribution is 0.337. The molecule has 1 N–H and O–H groups in total. The van der Waals surface area contributed by atoms with Crippen molar-refractivity contribution in [3.63, 3.8) is 0 Å². The van der Waals surface area contributed by atoms with E-state index in [1.165, 1.54) is 12.8 Å². The summed E-state index contributed by atoms with van der Waals surface area (Å²) >= 11 is 0. The van der Waals surface area contributed by atoms with E-state index in [0.29, 0.717) is 19.1 Å². The number of nitrogens with one attached hydrogen (secondary N) is 1. The largest absolute Gasteiger partial charge is 0.313 e. The van der Waals surface area contributed by atoms with Gasteiger partial charge in [0.15, 0.2) is 0 Å². The Hall–Kier alpha value is -0.130. The van der Waals surface area contributed by atoms with Crippen LogP contribution < -0.4 is 5.32 Å². The van der Waals surface area contributed by atoms with Crippen LogP contribution >= 0.6 is 0 Å². The zero-order valence-electron chi connectivity index (χ0n) is 11.6. The average Bonchev–Trinajstić information content (AvgIpc) is 3.13. The summed E-state index contributed by atoms with van der Waals surface area (Å²) in [5.41, 5.74) is 0. The number of sulfonamides is 1. The van der Waals surface area contributed by atoms with Gasteiger partial charge in [0, 0.05) is 25.2 Å². The Morgan fingerprint density at radius 2 is 1.94 bits per heavy atom. The summed E-state index contributed by atoms with van der Waals surface area (Å²) in [7, 11) is -3.13. The molecule has 0 spiro atoms. The van der Waals surface area contributed by atoms with Crippen LogP contribution in [-0.2, 0) is 10.0 Å². The van der Waals surface area contributed by atoms with Gasteiger partial charge in [-0.2, -0.15) is 4.31 Å². The molecule has 2 rings (SSSR count). The third-order valence-corrected chi connectivity index (χ3v) is 6.48. The summed E-state index contributed by atoms with van der Waals surface area (Å²) in [6.45, 7) is 5.18. The van der Waals surface area contributed by atoms with Gasteiger partial charge in [0.25, 0.3) is 0 Å². The summed E-state index contributed by atoms with van der Waals surface area (Å²) in [6, 6.07) is 0.741. The van der Waals surface area contributed by atoms with Gasteiger partial charge < -0.3 is 5.32 Å². The fourth-order valence-corrected chi connectivity index (χ4v) is 4.34. The van der Waals surface area contributed by atoms with Gasteiger partial charge in [0.1, 0.15) is 0 Å². The quantitative estimate of drug-likeness (QED) is 0.830. The third-order valence-electron chi connectivity index (χ3n) is 4.10. The lowest BCUT2D eigenvalue weighted by Gasteiger charge is -2.29. The fourth-order valence-electron chi connectivity index (χ4n) is 2.58. The fraction of sp³-hybridized carbons (Fsp3) is 1.00. The molecule has 18 heavy (non-hydrogen) atoms. The van der Waals surface area contributed by atoms with Gasteiger partial charge >= 0.3 is 0 Å². The van der Waals surface area contributed by atoms with Crippen molar-refractivity contribution in [3.8, 4) is 0 Å². The van der Waals surface area contributed by atoms with Crippen molar-refractivity contribution >= 4 is 10.0 Å². The van der Waals surface area contributed by atoms with Gasteiger partial charge in [0.2, 0.25) is 10.0 Å². The minimum absolute atomic E-state index is 0.167. The van der Waals surface area contributed by atoms with Crippen molar-refractivity contribution in [1.82, 2.24) is 9.62 Å². The van der Waals surface area contributed by atoms with Crippen LogP contribution in [0.25, 0.3) is 0 Å². The first-order valence-corrected chi connectivity index (χ1v) is 8.76. The van der Waals surface area contributed by atoms with Crippen LogP contribution in [0.5, 0.6) is 0 Å². The molecule has 0 aromatic carbocycles. The van der Waals surface area contributed by atoms with Gasteiger partial charge in [-0.15, -0.1) is 0 Å². The molecule has 0 aromatic rings. The van der Waals surface area contributed by atoms with E-state index >= 15 is 0 Å². The van der Waals surface area contributed by atoms with Crippen molar-refractivity contribution in [2.45, 2.75) is 69.7 Å². The van der Waals surface area contributed by atoms with Crippen molar-refractivity contribution < 1.29 is 8.42 Å². The molecule has 0 bridgehead atoms. The number of hydrogen-bond donors (Lipinski definition) is 1. The van der Waals surface area contributed by atoms with Crippen LogP contribution in [0.3, 0.4) is 0 Å². The molecule has 5 heteroatoms. The second-order valence-corrected chi connectivity index (χ2v) is 8.15. The Morgan fingerprint density at radius 1 is 1.22 bits per heavy atom. The van der Waals surface area contributed by atoms with Crippen LogP contribution in [0, 0.1) is 0 Å². The van der Waals surface area contributed by atoms with Gasteiger partial charge in [0.05, 0.1) is 5.25 Å². The standard InChI is InChI=1S/C13H26N2O2S/c1-11-6-4-3-5-9-15(11)18(16,17)12(2)10-14-13-7-8-13/h11-14H,3-10H2,1-2H3. The van der Waals surface area contributed by atoms with Crippen LogP contribution in [0.2, 0.25) is 0 Å². The molecule has 1 saturated heterocycles. The van der Waals surface area contributed by atoms with Gasteiger partial charge in [-0.1, -0.05) is 12.8 Å². The van der Waals surface area contributed by atoms with E-state index in [-0.39, 0.29) is 11.3 Å². The predicted molar refractivity (Wildman–Crippen MR) is 74.0 cm³/mol. The Labute approximate surface area is 111 Å². The topological polar surface area (TPSA) is 49.4 Å². The first kappa shape index (κ1) is 14.3. The molecule has 2 unspecified atom stereocenters. The molecule has 0 radical (unpaired) electrons. The first-order valence-electron chi connectivity index (χ1n) is 7.26. The average molecular weight is 274 g/mol. The van der Waals surface area contributed by atoms with Crippen molar-refractivity contribution in [1.29, 1.82) is 0 Å². The van der Waals surface area contributed by atoms with Crippen LogP contribution in [0.4, 0.5) is 0 Å². The molecule has 1 heterocycles. The molecule has 2 fully saturated rings. The molecule has 1 aliphatic heterocycles. The Morgan fingerprint density at radius 3 is 2.61 bits per heavy atom. The van der Waals surface area contributed by atoms with Crippen LogP contribution in [0.15, 0.2) is 0 Å². The zero-order valence-corrected chi connectivity index (χ0v) is 12.4. The van der Waals surface area contributed by atoms with Gasteiger partial charge in [-0.3, -0.25) is 0 Å². The maximum atomic E-state index is 12.6. The summed E-state index contributed by atoms with van der Waals surface area (Å²) in [5.74, 6) is 0. The van der Waals surface area contributed by atoms with E-state index in [4.69, 9.17) is 0 Å². The van der Waals surface area contributed by atoms with Crippen molar-refractivity contribution in [2.75, 3.05) is 13.1 Å². The normalized spacial score (nSPS) is 28.9. The van der Waals surface area contributed by atoms with Gasteiger partial charge in [-0.25, -0.2) is 8.42 Å². The maximum Gasteiger partial charge on any atom is 0.218 e. The lowest BCUT2D eigenvalue weighted by Crippen LogP contribution is -2.46. The molecule has 2 aliphatic rings. The molecular formula is C13H26N2O2S. The molecule has 4 nitrogen and oxygen atoms in total. The minimum atomic E-state index is -3.13. The molecule has 106 valence electrons. The number of hydrogen-bond acceptors (Lipinski definition) is 3. The Kier molecular flexibility index (Phi) is 4.67. The Bertz CT molecular complexity index is 365. The highest BCUT2D eigenvalue weighted by molar-refractivity contribution is 7.89. The molecule has 0 amide bonds. The summed E-state index contributed by atoms with van der Waals surface area (Å²) < 4.78 is 26.9. The number of nitrogens with zero attached hydrogens (tertiary/aromatic N) is 1. The van der Waals surface area contributed by atoms with E-state index in [1.807, 2.05) is 13.8 Å². The SMILES string of the molecule is CC1CCCCCN1S(=O)(=O)C(C)CNC1CC1. The molecule has 0 aromatic heterocycles. The summed E-state index contributed by atoms with van der Waals surface area (Å²) in [4.78, 5) is 0. The molecule has 1 aliphatic carbocycles. The van der Waals surface area contributed by atoms with Crippen LogP contribution in [-0.4, -0.2) is 43.1 Å². The van der Waals surface area contributed by atoms with E-state index in [0.717, 1.165) is 25.7 Å². The van der Waals surface area contributed by atoms with Crippen molar-refractivity contribution in [2.24, 2.45) is 0 Å². The Balaban J connectivity index is 1.97. The zero-order chi connectivity index (χ0) is 13.2. The minimum Gasteiger partial charge on any atom is -0.313 e. The van der Waals surface area contributed by atoms with Crippen molar-refractivity contribution in [3.05, 3.63) is 0 Å². The number of rotatable bonds is 5. The lowest BCUT2D eigenvalue weighted by atomic mass is 10.1. The highest BCUT2D eigenvalue weighted by atomic mass is 32.2. The second-order valence-electron chi connectivity index (χ2n) is 5.85. The van der Waals surface area contributed by atoms with Crippen LogP contribution in [0.1, 0.15) is 52.4 Å². The van der Waals surface area contributed by atoms with E-state index in [9.17, 15) is 8.42 Å². The molecule has 2 atom stereocenters. The molecular weight excluding hydrogens is 248 g/mol. The van der Waals surface area contributed by atoms with E-state index in [2.05, 4.69) is 5.32 Å². The van der Waals surface area contributed by atoms with E-state index < -0.39 is 10.0 Å². The maximum absolute atomic E-state index is 12.6. The highest BCUT2D eigenvalue weighted by Crippen LogP contribution is 2.23. The highest BCUT2D eigenvalue weighted by Gasteiger charge is 2.33. The van der Waals surface area contributed by atoms with E-state index in [1.54, 1.807) is 4.31 Å². The van der Waals surface area contributed by atoms with Gasteiger partial charge in [-0.05, 0) is 39.5 Å². The molecule has 1 saturated carbocycles.